The minimum Gasteiger partial charge on any atom is -0.478 e. The first-order valence-corrected chi connectivity index (χ1v) is 5.24. The highest BCUT2D eigenvalue weighted by Gasteiger charge is 2.16. The Bertz CT molecular complexity index is 445. The zero-order valence-electron chi connectivity index (χ0n) is 9.64. The molecule has 2 N–H and O–H groups in total. The Morgan fingerprint density at radius 3 is 2.71 bits per heavy atom. The van der Waals surface area contributed by atoms with E-state index >= 15 is 0 Å². The van der Waals surface area contributed by atoms with Gasteiger partial charge in [-0.15, -0.1) is 0 Å². The van der Waals surface area contributed by atoms with Gasteiger partial charge in [0.2, 0.25) is 0 Å². The predicted octanol–water partition coefficient (Wildman–Crippen LogP) is 2.50. The molecule has 0 heterocycles. The molecule has 0 aromatic heterocycles. The molecule has 1 rings (SSSR count). The van der Waals surface area contributed by atoms with Crippen LogP contribution in [0, 0.1) is 10.1 Å². The van der Waals surface area contributed by atoms with Crippen molar-refractivity contribution in [3.8, 4) is 0 Å². The molecule has 0 bridgehead atoms. The van der Waals surface area contributed by atoms with Crippen molar-refractivity contribution < 1.29 is 14.8 Å². The third-order valence-electron chi connectivity index (χ3n) is 2.46. The van der Waals surface area contributed by atoms with E-state index in [0.717, 1.165) is 12.5 Å². The van der Waals surface area contributed by atoms with E-state index in [0.29, 0.717) is 5.69 Å². The van der Waals surface area contributed by atoms with E-state index in [-0.39, 0.29) is 17.3 Å². The molecule has 0 saturated carbocycles. The molecular weight excluding hydrogens is 224 g/mol. The highest BCUT2D eigenvalue weighted by atomic mass is 16.6. The van der Waals surface area contributed by atoms with Crippen molar-refractivity contribution in [3.63, 3.8) is 0 Å². The molecule has 0 unspecified atom stereocenters. The van der Waals surface area contributed by atoms with Crippen molar-refractivity contribution in [1.82, 2.24) is 0 Å². The first-order chi connectivity index (χ1) is 7.95. The lowest BCUT2D eigenvalue weighted by molar-refractivity contribution is -0.384. The Morgan fingerprint density at radius 2 is 2.24 bits per heavy atom. The normalized spacial score (nSPS) is 11.9. The summed E-state index contributed by atoms with van der Waals surface area (Å²) in [6.45, 7) is 3.87. The minimum absolute atomic E-state index is 0.0838. The summed E-state index contributed by atoms with van der Waals surface area (Å²) < 4.78 is 0. The summed E-state index contributed by atoms with van der Waals surface area (Å²) >= 11 is 0. The summed E-state index contributed by atoms with van der Waals surface area (Å²) in [5, 5.41) is 22.6. The molecule has 17 heavy (non-hydrogen) atoms. The van der Waals surface area contributed by atoms with Gasteiger partial charge >= 0.3 is 5.97 Å². The SMILES string of the molecule is CC[C@H](C)Nc1ccc([N+](=O)[O-])cc1C(=O)O. The third-order valence-corrected chi connectivity index (χ3v) is 2.46. The second kappa shape index (κ2) is 5.29. The van der Waals surface area contributed by atoms with Gasteiger partial charge in [-0.25, -0.2) is 4.79 Å². The average Bonchev–Trinajstić information content (AvgIpc) is 2.28. The van der Waals surface area contributed by atoms with Gasteiger partial charge in [0.05, 0.1) is 10.5 Å². The van der Waals surface area contributed by atoms with Gasteiger partial charge in [0, 0.05) is 23.9 Å². The van der Waals surface area contributed by atoms with Crippen LogP contribution in [-0.2, 0) is 0 Å². The molecule has 0 amide bonds. The van der Waals surface area contributed by atoms with Crippen LogP contribution >= 0.6 is 0 Å². The van der Waals surface area contributed by atoms with Gasteiger partial charge in [0.15, 0.2) is 0 Å². The molecule has 1 atom stereocenters. The Kier molecular flexibility index (Phi) is 4.03. The first-order valence-electron chi connectivity index (χ1n) is 5.24. The van der Waals surface area contributed by atoms with E-state index in [1.807, 2.05) is 13.8 Å². The number of nitrogens with one attached hydrogen (secondary N) is 1. The molecule has 0 spiro atoms. The largest absolute Gasteiger partial charge is 0.478 e. The summed E-state index contributed by atoms with van der Waals surface area (Å²) in [5.41, 5.74) is 0.0917. The fourth-order valence-electron chi connectivity index (χ4n) is 1.32. The van der Waals surface area contributed by atoms with Gasteiger partial charge in [-0.05, 0) is 19.4 Å². The quantitative estimate of drug-likeness (QED) is 0.607. The first kappa shape index (κ1) is 13.0. The summed E-state index contributed by atoms with van der Waals surface area (Å²) in [6.07, 6.45) is 0.829. The van der Waals surface area contributed by atoms with Crippen molar-refractivity contribution in [2.45, 2.75) is 26.3 Å². The van der Waals surface area contributed by atoms with E-state index in [1.165, 1.54) is 12.1 Å². The lowest BCUT2D eigenvalue weighted by Gasteiger charge is -2.14. The predicted molar refractivity (Wildman–Crippen MR) is 63.4 cm³/mol. The van der Waals surface area contributed by atoms with Gasteiger partial charge in [-0.2, -0.15) is 0 Å². The van der Waals surface area contributed by atoms with Crippen LogP contribution in [0.5, 0.6) is 0 Å². The number of aromatic carboxylic acids is 1. The second-order valence-electron chi connectivity index (χ2n) is 3.75. The van der Waals surface area contributed by atoms with Gasteiger partial charge in [-0.1, -0.05) is 6.92 Å². The number of carboxylic acids is 1. The molecule has 1 aromatic carbocycles. The molecule has 92 valence electrons. The van der Waals surface area contributed by atoms with Crippen LogP contribution in [0.2, 0.25) is 0 Å². The zero-order chi connectivity index (χ0) is 13.0. The number of hydrogen-bond donors (Lipinski definition) is 2. The molecule has 6 nitrogen and oxygen atoms in total. The van der Waals surface area contributed by atoms with Crippen LogP contribution < -0.4 is 5.32 Å². The molecular formula is C11H14N2O4. The lowest BCUT2D eigenvalue weighted by Crippen LogP contribution is -2.16. The van der Waals surface area contributed by atoms with Crippen LogP contribution in [0.3, 0.4) is 0 Å². The van der Waals surface area contributed by atoms with Gasteiger partial charge in [0.1, 0.15) is 0 Å². The Morgan fingerprint density at radius 1 is 1.59 bits per heavy atom. The molecule has 6 heteroatoms. The van der Waals surface area contributed by atoms with Crippen molar-refractivity contribution in [1.29, 1.82) is 0 Å². The Balaban J connectivity index is 3.13. The van der Waals surface area contributed by atoms with Crippen LogP contribution in [-0.4, -0.2) is 22.0 Å². The summed E-state index contributed by atoms with van der Waals surface area (Å²) in [4.78, 5) is 20.9. The minimum atomic E-state index is -1.18. The van der Waals surface area contributed by atoms with Gasteiger partial charge < -0.3 is 10.4 Å². The molecule has 0 radical (unpaired) electrons. The number of carbonyl (C=O) groups is 1. The van der Waals surface area contributed by atoms with Crippen LogP contribution in [0.1, 0.15) is 30.6 Å². The maximum atomic E-state index is 11.0. The highest BCUT2D eigenvalue weighted by molar-refractivity contribution is 5.95. The maximum absolute atomic E-state index is 11.0. The van der Waals surface area contributed by atoms with Crippen molar-refractivity contribution >= 4 is 17.3 Å². The van der Waals surface area contributed by atoms with Crippen molar-refractivity contribution in [3.05, 3.63) is 33.9 Å². The smallest absolute Gasteiger partial charge is 0.338 e. The standard InChI is InChI=1S/C11H14N2O4/c1-3-7(2)12-10-5-4-8(13(16)17)6-9(10)11(14)15/h4-7,12H,3H2,1-2H3,(H,14,15)/t7-/m0/s1. The fourth-order valence-corrected chi connectivity index (χ4v) is 1.32. The molecule has 0 saturated heterocycles. The number of hydrogen-bond acceptors (Lipinski definition) is 4. The van der Waals surface area contributed by atoms with Crippen LogP contribution in [0.4, 0.5) is 11.4 Å². The fraction of sp³-hybridized carbons (Fsp3) is 0.364. The number of rotatable bonds is 5. The molecule has 1 aromatic rings. The average molecular weight is 238 g/mol. The van der Waals surface area contributed by atoms with E-state index in [4.69, 9.17) is 5.11 Å². The van der Waals surface area contributed by atoms with Gasteiger partial charge in [0.25, 0.3) is 5.69 Å². The number of anilines is 1. The summed E-state index contributed by atoms with van der Waals surface area (Å²) in [6, 6.07) is 3.88. The number of nitrogens with zero attached hydrogens (tertiary/aromatic N) is 1. The van der Waals surface area contributed by atoms with Gasteiger partial charge in [-0.3, -0.25) is 10.1 Å². The summed E-state index contributed by atoms with van der Waals surface area (Å²) in [7, 11) is 0. The lowest BCUT2D eigenvalue weighted by atomic mass is 10.1. The monoisotopic (exact) mass is 238 g/mol. The number of benzene rings is 1. The summed E-state index contributed by atoms with van der Waals surface area (Å²) in [5.74, 6) is -1.18. The third kappa shape index (κ3) is 3.17. The number of nitro benzene ring substituents is 1. The molecule has 0 aliphatic carbocycles. The number of carboxylic acid groups (broad SMARTS) is 1. The Hall–Kier alpha value is -2.11. The topological polar surface area (TPSA) is 92.5 Å². The maximum Gasteiger partial charge on any atom is 0.338 e. The Labute approximate surface area is 98.4 Å². The van der Waals surface area contributed by atoms with Crippen LogP contribution in [0.25, 0.3) is 0 Å². The second-order valence-corrected chi connectivity index (χ2v) is 3.75. The number of non-ortho nitro benzene ring substituents is 1. The molecule has 0 aliphatic rings. The van der Waals surface area contributed by atoms with Crippen molar-refractivity contribution in [2.24, 2.45) is 0 Å². The number of nitro groups is 1. The van der Waals surface area contributed by atoms with E-state index in [1.54, 1.807) is 0 Å². The zero-order valence-corrected chi connectivity index (χ0v) is 9.64. The highest BCUT2D eigenvalue weighted by Crippen LogP contribution is 2.23. The molecule has 0 fully saturated rings. The van der Waals surface area contributed by atoms with Crippen LogP contribution in [0.15, 0.2) is 18.2 Å². The van der Waals surface area contributed by atoms with E-state index < -0.39 is 10.9 Å². The van der Waals surface area contributed by atoms with E-state index in [2.05, 4.69) is 5.32 Å². The van der Waals surface area contributed by atoms with E-state index in [9.17, 15) is 14.9 Å². The van der Waals surface area contributed by atoms with Crippen molar-refractivity contribution in [2.75, 3.05) is 5.32 Å². The molecule has 0 aliphatic heterocycles.